The van der Waals surface area contributed by atoms with E-state index in [2.05, 4.69) is 58.7 Å². The Hall–Kier alpha value is -3.47. The highest BCUT2D eigenvalue weighted by atomic mass is 16.5. The molecule has 0 aromatic heterocycles. The van der Waals surface area contributed by atoms with E-state index in [4.69, 9.17) is 4.74 Å². The summed E-state index contributed by atoms with van der Waals surface area (Å²) in [6, 6.07) is 25.9. The van der Waals surface area contributed by atoms with Crippen molar-refractivity contribution in [2.45, 2.75) is 31.2 Å². The zero-order valence-electron chi connectivity index (χ0n) is 21.5. The fraction of sp³-hybridized carbons (Fsp3) is 0.406. The fourth-order valence-electron chi connectivity index (χ4n) is 7.83. The lowest BCUT2D eigenvalue weighted by atomic mass is 9.68. The molecule has 2 aliphatic heterocycles. The molecule has 7 rings (SSSR count). The molecule has 190 valence electrons. The van der Waals surface area contributed by atoms with Crippen LogP contribution in [0.15, 0.2) is 72.8 Å². The number of amides is 1. The number of fused-ring (bicyclic) bond motifs is 7. The minimum absolute atomic E-state index is 0.160. The van der Waals surface area contributed by atoms with Crippen molar-refractivity contribution in [3.05, 3.63) is 89.5 Å². The van der Waals surface area contributed by atoms with Crippen LogP contribution in [0.4, 0.5) is 11.4 Å². The maximum atomic E-state index is 13.7. The number of hydrogen-bond acceptors (Lipinski definition) is 4. The van der Waals surface area contributed by atoms with E-state index >= 15 is 0 Å². The van der Waals surface area contributed by atoms with E-state index in [1.54, 1.807) is 7.11 Å². The Balaban J connectivity index is 1.12. The molecule has 2 saturated carbocycles. The molecule has 3 aromatic carbocycles. The molecule has 1 N–H and O–H groups in total. The van der Waals surface area contributed by atoms with Crippen LogP contribution < -0.4 is 15.0 Å². The van der Waals surface area contributed by atoms with Gasteiger partial charge in [0, 0.05) is 37.4 Å². The zero-order valence-corrected chi connectivity index (χ0v) is 21.5. The molecule has 0 spiro atoms. The van der Waals surface area contributed by atoms with Crippen LogP contribution in [0.2, 0.25) is 0 Å². The SMILES string of the molecule is COc1ccccc1N1CCN(C(=O)c2ccc3c(c2)[C@H]2[C@H]4CC[C@@H](C4)[C@@H]2[C@H](c2ccccc2)N3)CC1. The van der Waals surface area contributed by atoms with Crippen LogP contribution in [-0.2, 0) is 0 Å². The van der Waals surface area contributed by atoms with Crippen molar-refractivity contribution in [2.24, 2.45) is 17.8 Å². The number of carbonyl (C=O) groups is 1. The number of nitrogens with one attached hydrogen (secondary N) is 1. The predicted molar refractivity (Wildman–Crippen MR) is 147 cm³/mol. The molecule has 1 saturated heterocycles. The number of hydrogen-bond donors (Lipinski definition) is 1. The van der Waals surface area contributed by atoms with Crippen LogP contribution in [0.1, 0.15) is 52.7 Å². The van der Waals surface area contributed by atoms with Crippen molar-refractivity contribution in [3.63, 3.8) is 0 Å². The Morgan fingerprint density at radius 1 is 0.892 bits per heavy atom. The van der Waals surface area contributed by atoms with E-state index in [-0.39, 0.29) is 5.91 Å². The first kappa shape index (κ1) is 22.7. The van der Waals surface area contributed by atoms with Crippen LogP contribution in [-0.4, -0.2) is 44.1 Å². The van der Waals surface area contributed by atoms with Gasteiger partial charge in [0.15, 0.2) is 0 Å². The molecule has 2 heterocycles. The van der Waals surface area contributed by atoms with Crippen molar-refractivity contribution in [1.82, 2.24) is 4.90 Å². The molecule has 5 nitrogen and oxygen atoms in total. The molecule has 3 fully saturated rings. The van der Waals surface area contributed by atoms with Gasteiger partial charge in [0.2, 0.25) is 0 Å². The third-order valence-electron chi connectivity index (χ3n) is 9.49. The van der Waals surface area contributed by atoms with Crippen molar-refractivity contribution in [2.75, 3.05) is 43.5 Å². The third-order valence-corrected chi connectivity index (χ3v) is 9.49. The number of piperazine rings is 1. The minimum Gasteiger partial charge on any atom is -0.495 e. The summed E-state index contributed by atoms with van der Waals surface area (Å²) in [5.41, 5.74) is 5.94. The Morgan fingerprint density at radius 2 is 1.65 bits per heavy atom. The number of methoxy groups -OCH3 is 1. The second kappa shape index (κ2) is 9.13. The van der Waals surface area contributed by atoms with E-state index in [1.807, 2.05) is 29.2 Å². The average molecular weight is 494 g/mol. The molecule has 2 aliphatic carbocycles. The van der Waals surface area contributed by atoms with Gasteiger partial charge in [-0.25, -0.2) is 0 Å². The number of para-hydroxylation sites is 2. The van der Waals surface area contributed by atoms with Gasteiger partial charge in [0.05, 0.1) is 18.8 Å². The molecular weight excluding hydrogens is 458 g/mol. The Labute approximate surface area is 219 Å². The second-order valence-corrected chi connectivity index (χ2v) is 11.2. The summed E-state index contributed by atoms with van der Waals surface area (Å²) in [5, 5.41) is 3.91. The number of ether oxygens (including phenoxy) is 1. The standard InChI is InChI=1S/C32H35N3O2/c1-37-28-10-6-5-9-27(28)34-15-17-35(18-16-34)32(36)24-13-14-26-25(20-24)29-22-11-12-23(19-22)30(29)31(33-26)21-7-3-2-4-8-21/h2-10,13-14,20,22-23,29-31,33H,11-12,15-19H2,1H3/t22-,23-,29+,30-,31-/m0/s1. The van der Waals surface area contributed by atoms with Crippen molar-refractivity contribution in [3.8, 4) is 5.75 Å². The first-order valence-electron chi connectivity index (χ1n) is 13.8. The van der Waals surface area contributed by atoms with E-state index in [0.29, 0.717) is 17.9 Å². The summed E-state index contributed by atoms with van der Waals surface area (Å²) < 4.78 is 5.56. The van der Waals surface area contributed by atoms with Crippen LogP contribution in [0.3, 0.4) is 0 Å². The van der Waals surface area contributed by atoms with Gasteiger partial charge in [-0.15, -0.1) is 0 Å². The second-order valence-electron chi connectivity index (χ2n) is 11.2. The van der Waals surface area contributed by atoms with Gasteiger partial charge in [-0.05, 0) is 84.4 Å². The summed E-state index contributed by atoms with van der Waals surface area (Å²) in [4.78, 5) is 18.0. The molecule has 5 atom stereocenters. The maximum Gasteiger partial charge on any atom is 0.253 e. The first-order valence-corrected chi connectivity index (χ1v) is 13.8. The van der Waals surface area contributed by atoms with E-state index in [1.165, 1.54) is 36.1 Å². The van der Waals surface area contributed by atoms with Gasteiger partial charge in [-0.1, -0.05) is 42.5 Å². The zero-order chi connectivity index (χ0) is 24.9. The summed E-state index contributed by atoms with van der Waals surface area (Å²) >= 11 is 0. The quantitative estimate of drug-likeness (QED) is 0.488. The predicted octanol–water partition coefficient (Wildman–Crippen LogP) is 5.95. The smallest absolute Gasteiger partial charge is 0.253 e. The van der Waals surface area contributed by atoms with Crippen molar-refractivity contribution >= 4 is 17.3 Å². The minimum atomic E-state index is 0.160. The highest BCUT2D eigenvalue weighted by Gasteiger charge is 2.53. The summed E-state index contributed by atoms with van der Waals surface area (Å²) in [7, 11) is 1.71. The van der Waals surface area contributed by atoms with Gasteiger partial charge < -0.3 is 19.9 Å². The van der Waals surface area contributed by atoms with Crippen LogP contribution in [0, 0.1) is 17.8 Å². The molecule has 3 aromatic rings. The fourth-order valence-corrected chi connectivity index (χ4v) is 7.83. The maximum absolute atomic E-state index is 13.7. The molecule has 37 heavy (non-hydrogen) atoms. The molecule has 4 aliphatic rings. The van der Waals surface area contributed by atoms with Gasteiger partial charge >= 0.3 is 0 Å². The number of rotatable bonds is 4. The molecule has 0 unspecified atom stereocenters. The molecule has 2 bridgehead atoms. The van der Waals surface area contributed by atoms with Gasteiger partial charge in [-0.2, -0.15) is 0 Å². The lowest BCUT2D eigenvalue weighted by Crippen LogP contribution is -2.49. The van der Waals surface area contributed by atoms with Crippen LogP contribution in [0.25, 0.3) is 0 Å². The van der Waals surface area contributed by atoms with Crippen LogP contribution in [0.5, 0.6) is 5.75 Å². The number of benzene rings is 3. The lowest BCUT2D eigenvalue weighted by Gasteiger charge is -2.44. The summed E-state index contributed by atoms with van der Waals surface area (Å²) in [6.45, 7) is 3.07. The lowest BCUT2D eigenvalue weighted by molar-refractivity contribution is 0.0746. The number of nitrogens with zero attached hydrogens (tertiary/aromatic N) is 2. The third kappa shape index (κ3) is 3.78. The number of carbonyl (C=O) groups excluding carboxylic acids is 1. The van der Waals surface area contributed by atoms with E-state index in [0.717, 1.165) is 55.0 Å². The Kier molecular flexibility index (Phi) is 5.60. The molecule has 5 heteroatoms. The Morgan fingerprint density at radius 3 is 2.46 bits per heavy atom. The average Bonchev–Trinajstić information content (AvgIpc) is 3.60. The molecule has 0 radical (unpaired) electrons. The van der Waals surface area contributed by atoms with Crippen molar-refractivity contribution < 1.29 is 9.53 Å². The highest BCUT2D eigenvalue weighted by Crippen LogP contribution is 2.63. The topological polar surface area (TPSA) is 44.8 Å². The summed E-state index contributed by atoms with van der Waals surface area (Å²) in [6.07, 6.45) is 4.01. The Bertz CT molecular complexity index is 1300. The highest BCUT2D eigenvalue weighted by molar-refractivity contribution is 5.95. The first-order chi connectivity index (χ1) is 18.2. The van der Waals surface area contributed by atoms with E-state index < -0.39 is 0 Å². The van der Waals surface area contributed by atoms with Crippen LogP contribution >= 0.6 is 0 Å². The molecular formula is C32H35N3O2. The largest absolute Gasteiger partial charge is 0.495 e. The summed E-state index contributed by atoms with van der Waals surface area (Å²) in [5.74, 6) is 3.74. The van der Waals surface area contributed by atoms with Gasteiger partial charge in [0.25, 0.3) is 5.91 Å². The van der Waals surface area contributed by atoms with Gasteiger partial charge in [0.1, 0.15) is 5.75 Å². The molecule has 1 amide bonds. The van der Waals surface area contributed by atoms with Gasteiger partial charge in [-0.3, -0.25) is 4.79 Å². The number of anilines is 2. The monoisotopic (exact) mass is 493 g/mol. The van der Waals surface area contributed by atoms with Crippen molar-refractivity contribution in [1.29, 1.82) is 0 Å². The van der Waals surface area contributed by atoms with E-state index in [9.17, 15) is 4.79 Å². The normalized spacial score (nSPS) is 27.9.